The number of nitrogens with zero attached hydrogens (tertiary/aromatic N) is 1. The van der Waals surface area contributed by atoms with Crippen molar-refractivity contribution in [1.82, 2.24) is 5.32 Å². The lowest BCUT2D eigenvalue weighted by molar-refractivity contribution is -0.121. The number of carbonyl (C=O) groups excluding carboxylic acids is 1. The van der Waals surface area contributed by atoms with E-state index in [9.17, 15) is 13.2 Å². The number of rotatable bonds is 9. The first-order valence-corrected chi connectivity index (χ1v) is 11.1. The fourth-order valence-corrected chi connectivity index (χ4v) is 4.69. The molecule has 6 nitrogen and oxygen atoms in total. The third-order valence-electron chi connectivity index (χ3n) is 4.74. The highest BCUT2D eigenvalue weighted by Crippen LogP contribution is 2.25. The summed E-state index contributed by atoms with van der Waals surface area (Å²) in [6.07, 6.45) is 0. The lowest BCUT2D eigenvalue weighted by Crippen LogP contribution is -2.47. The van der Waals surface area contributed by atoms with Gasteiger partial charge in [0.05, 0.1) is 17.7 Å². The van der Waals surface area contributed by atoms with Crippen molar-refractivity contribution in [1.29, 1.82) is 0 Å². The molecule has 0 unspecified atom stereocenters. The highest BCUT2D eigenvalue weighted by molar-refractivity contribution is 7.92. The van der Waals surface area contributed by atoms with Crippen molar-refractivity contribution in [2.45, 2.75) is 38.6 Å². The van der Waals surface area contributed by atoms with E-state index in [4.69, 9.17) is 4.74 Å². The Bertz CT molecular complexity index is 886. The Labute approximate surface area is 173 Å². The number of ether oxygens (including phenoxy) is 1. The van der Waals surface area contributed by atoms with Gasteiger partial charge in [0.25, 0.3) is 10.0 Å². The third kappa shape index (κ3) is 5.73. The van der Waals surface area contributed by atoms with Gasteiger partial charge in [0.15, 0.2) is 0 Å². The minimum Gasteiger partial charge on any atom is -0.497 e. The van der Waals surface area contributed by atoms with Crippen LogP contribution in [0.25, 0.3) is 0 Å². The topological polar surface area (TPSA) is 75.7 Å². The molecule has 158 valence electrons. The van der Waals surface area contributed by atoms with E-state index in [1.165, 1.54) is 12.1 Å². The number of anilines is 1. The monoisotopic (exact) mass is 418 g/mol. The second-order valence-corrected chi connectivity index (χ2v) is 9.47. The van der Waals surface area contributed by atoms with Crippen LogP contribution >= 0.6 is 0 Å². The van der Waals surface area contributed by atoms with Gasteiger partial charge in [-0.05, 0) is 48.2 Å². The van der Waals surface area contributed by atoms with E-state index >= 15 is 0 Å². The molecule has 0 heterocycles. The van der Waals surface area contributed by atoms with Crippen molar-refractivity contribution < 1.29 is 17.9 Å². The molecule has 0 saturated heterocycles. The van der Waals surface area contributed by atoms with Crippen LogP contribution in [0.4, 0.5) is 5.69 Å². The molecule has 7 heteroatoms. The van der Waals surface area contributed by atoms with Crippen LogP contribution in [0.1, 0.15) is 27.7 Å². The van der Waals surface area contributed by atoms with E-state index in [2.05, 4.69) is 5.32 Å². The quantitative estimate of drug-likeness (QED) is 0.674. The summed E-state index contributed by atoms with van der Waals surface area (Å²) in [5.41, 5.74) is 0.399. The van der Waals surface area contributed by atoms with E-state index in [1.807, 2.05) is 27.7 Å². The smallest absolute Gasteiger partial charge is 0.264 e. The summed E-state index contributed by atoms with van der Waals surface area (Å²) in [6.45, 7) is 7.83. The molecular formula is C22H30N2O4S. The molecule has 1 amide bonds. The average molecular weight is 419 g/mol. The van der Waals surface area contributed by atoms with E-state index in [0.717, 1.165) is 4.31 Å². The average Bonchev–Trinajstić information content (AvgIpc) is 2.70. The predicted octanol–water partition coefficient (Wildman–Crippen LogP) is 3.69. The van der Waals surface area contributed by atoms with Crippen molar-refractivity contribution in [3.63, 3.8) is 0 Å². The summed E-state index contributed by atoms with van der Waals surface area (Å²) in [4.78, 5) is 12.9. The molecule has 2 aromatic rings. The zero-order chi connectivity index (χ0) is 21.6. The lowest BCUT2D eigenvalue weighted by Gasteiger charge is -2.29. The van der Waals surface area contributed by atoms with Crippen LogP contribution in [0.15, 0.2) is 59.5 Å². The standard InChI is InChI=1S/C22H30N2O4S/c1-16(2)22(17(3)4)23-21(25)15-24(18-11-13-19(28-5)14-12-18)29(26,27)20-9-7-6-8-10-20/h6-14,16-17,22H,15H2,1-5H3,(H,23,25). The van der Waals surface area contributed by atoms with Gasteiger partial charge in [0.2, 0.25) is 5.91 Å². The first-order chi connectivity index (χ1) is 13.7. The van der Waals surface area contributed by atoms with Gasteiger partial charge in [0.1, 0.15) is 12.3 Å². The largest absolute Gasteiger partial charge is 0.497 e. The summed E-state index contributed by atoms with van der Waals surface area (Å²) in [7, 11) is -2.37. The third-order valence-corrected chi connectivity index (χ3v) is 6.53. The van der Waals surface area contributed by atoms with E-state index in [1.54, 1.807) is 49.6 Å². The van der Waals surface area contributed by atoms with Crippen LogP contribution in [0.2, 0.25) is 0 Å². The Morgan fingerprint density at radius 2 is 1.52 bits per heavy atom. The number of methoxy groups -OCH3 is 1. The van der Waals surface area contributed by atoms with Crippen LogP contribution in [0.3, 0.4) is 0 Å². The lowest BCUT2D eigenvalue weighted by atomic mass is 9.93. The van der Waals surface area contributed by atoms with Crippen LogP contribution in [0, 0.1) is 11.8 Å². The Kier molecular flexibility index (Phi) is 7.67. The molecule has 2 rings (SSSR count). The number of carbonyl (C=O) groups is 1. The second-order valence-electron chi connectivity index (χ2n) is 7.60. The summed E-state index contributed by atoms with van der Waals surface area (Å²) in [5.74, 6) is 0.737. The Hall–Kier alpha value is -2.54. The van der Waals surface area contributed by atoms with E-state index in [-0.39, 0.29) is 35.2 Å². The minimum atomic E-state index is -3.91. The van der Waals surface area contributed by atoms with Gasteiger partial charge in [0, 0.05) is 6.04 Å². The minimum absolute atomic E-state index is 0.0420. The molecule has 0 aromatic heterocycles. The molecule has 0 spiro atoms. The zero-order valence-electron chi connectivity index (χ0n) is 17.6. The number of nitrogens with one attached hydrogen (secondary N) is 1. The Morgan fingerprint density at radius 1 is 0.966 bits per heavy atom. The zero-order valence-corrected chi connectivity index (χ0v) is 18.4. The molecule has 29 heavy (non-hydrogen) atoms. The van der Waals surface area contributed by atoms with Gasteiger partial charge >= 0.3 is 0 Å². The number of hydrogen-bond donors (Lipinski definition) is 1. The number of sulfonamides is 1. The van der Waals surface area contributed by atoms with Crippen molar-refractivity contribution in [3.05, 3.63) is 54.6 Å². The summed E-state index contributed by atoms with van der Waals surface area (Å²) < 4.78 is 32.9. The maximum atomic E-state index is 13.3. The summed E-state index contributed by atoms with van der Waals surface area (Å²) in [5, 5.41) is 2.99. The second kappa shape index (κ2) is 9.78. The highest BCUT2D eigenvalue weighted by Gasteiger charge is 2.28. The SMILES string of the molecule is COc1ccc(N(CC(=O)NC(C(C)C)C(C)C)S(=O)(=O)c2ccccc2)cc1. The van der Waals surface area contributed by atoms with E-state index < -0.39 is 10.0 Å². The molecule has 0 fully saturated rings. The van der Waals surface area contributed by atoms with E-state index in [0.29, 0.717) is 11.4 Å². The molecular weight excluding hydrogens is 388 g/mol. The summed E-state index contributed by atoms with van der Waals surface area (Å²) >= 11 is 0. The Morgan fingerprint density at radius 3 is 2.00 bits per heavy atom. The fourth-order valence-electron chi connectivity index (χ4n) is 3.25. The maximum absolute atomic E-state index is 13.3. The molecule has 2 aromatic carbocycles. The summed E-state index contributed by atoms with van der Waals surface area (Å²) in [6, 6.07) is 14.7. The first-order valence-electron chi connectivity index (χ1n) is 9.68. The van der Waals surface area contributed by atoms with Gasteiger partial charge in [-0.25, -0.2) is 8.42 Å². The molecule has 0 radical (unpaired) electrons. The van der Waals surface area contributed by atoms with Crippen LogP contribution in [-0.2, 0) is 14.8 Å². The van der Waals surface area contributed by atoms with Gasteiger partial charge in [-0.2, -0.15) is 0 Å². The van der Waals surface area contributed by atoms with Gasteiger partial charge in [-0.15, -0.1) is 0 Å². The number of hydrogen-bond acceptors (Lipinski definition) is 4. The van der Waals surface area contributed by atoms with Crippen LogP contribution < -0.4 is 14.4 Å². The normalized spacial score (nSPS) is 11.7. The van der Waals surface area contributed by atoms with Crippen LogP contribution in [-0.4, -0.2) is 34.0 Å². The molecule has 0 aliphatic carbocycles. The van der Waals surface area contributed by atoms with Gasteiger partial charge in [-0.3, -0.25) is 9.10 Å². The highest BCUT2D eigenvalue weighted by atomic mass is 32.2. The predicted molar refractivity (Wildman–Crippen MR) is 116 cm³/mol. The van der Waals surface area contributed by atoms with Crippen molar-refractivity contribution in [2.24, 2.45) is 11.8 Å². The maximum Gasteiger partial charge on any atom is 0.264 e. The molecule has 1 N–H and O–H groups in total. The molecule has 0 aliphatic rings. The fraction of sp³-hybridized carbons (Fsp3) is 0.409. The molecule has 0 bridgehead atoms. The van der Waals surface area contributed by atoms with Crippen molar-refractivity contribution in [2.75, 3.05) is 18.0 Å². The van der Waals surface area contributed by atoms with Crippen LogP contribution in [0.5, 0.6) is 5.75 Å². The molecule has 0 atom stereocenters. The van der Waals surface area contributed by atoms with Gasteiger partial charge in [-0.1, -0.05) is 45.9 Å². The van der Waals surface area contributed by atoms with Crippen molar-refractivity contribution >= 4 is 21.6 Å². The molecule has 0 aliphatic heterocycles. The number of benzene rings is 2. The number of amides is 1. The van der Waals surface area contributed by atoms with Gasteiger partial charge < -0.3 is 10.1 Å². The van der Waals surface area contributed by atoms with Crippen molar-refractivity contribution in [3.8, 4) is 5.75 Å². The first kappa shape index (κ1) is 22.7. The Balaban J connectivity index is 2.38. The molecule has 0 saturated carbocycles.